The molecule has 0 radical (unpaired) electrons. The molecule has 0 spiro atoms. The van der Waals surface area contributed by atoms with Gasteiger partial charge in [-0.15, -0.1) is 0 Å². The highest BCUT2D eigenvalue weighted by Gasteiger charge is 2.10. The van der Waals surface area contributed by atoms with Crippen molar-refractivity contribution in [2.45, 2.75) is 86.3 Å². The predicted molar refractivity (Wildman–Crippen MR) is 141 cm³/mol. The first kappa shape index (κ1) is 28.6. The third-order valence-electron chi connectivity index (χ3n) is 5.28. The number of benzene rings is 2. The van der Waals surface area contributed by atoms with E-state index in [0.29, 0.717) is 18.4 Å². The van der Waals surface area contributed by atoms with Gasteiger partial charge >= 0.3 is 0 Å². The summed E-state index contributed by atoms with van der Waals surface area (Å²) in [7, 11) is 1.97. The maximum Gasteiger partial charge on any atom is 0.165 e. The molecular weight excluding hydrogens is 411 g/mol. The molecule has 1 heterocycles. The van der Waals surface area contributed by atoms with Gasteiger partial charge in [0.1, 0.15) is 6.61 Å². The molecule has 182 valence electrons. The molecule has 33 heavy (non-hydrogen) atoms. The average molecular weight is 455 g/mol. The molecule has 0 saturated carbocycles. The van der Waals surface area contributed by atoms with Gasteiger partial charge in [0.05, 0.1) is 5.52 Å². The second-order valence-electron chi connectivity index (χ2n) is 7.84. The molecule has 1 N–H and O–H groups in total. The number of hydrogen-bond donors (Lipinski definition) is 1. The van der Waals surface area contributed by atoms with Crippen molar-refractivity contribution in [1.82, 2.24) is 10.3 Å². The highest BCUT2D eigenvalue weighted by atomic mass is 19.1. The SMILES string of the molecule is CC.CCC.CCc1cc(COc2ccc(CCC(CC)NC)cc2F)c2ccccc2n1. The molecule has 0 amide bonds. The molecule has 0 aliphatic heterocycles. The van der Waals surface area contributed by atoms with Crippen LogP contribution in [0.25, 0.3) is 10.9 Å². The Bertz CT molecular complexity index is 938. The number of aryl methyl sites for hydroxylation is 2. The first-order valence-corrected chi connectivity index (χ1v) is 12.5. The van der Waals surface area contributed by atoms with Gasteiger partial charge in [0.15, 0.2) is 11.6 Å². The molecule has 1 atom stereocenters. The Morgan fingerprint density at radius 3 is 2.30 bits per heavy atom. The van der Waals surface area contributed by atoms with Crippen molar-refractivity contribution in [3.8, 4) is 5.75 Å². The number of nitrogens with one attached hydrogen (secondary N) is 1. The molecule has 0 bridgehead atoms. The van der Waals surface area contributed by atoms with E-state index in [0.717, 1.165) is 53.4 Å². The number of pyridine rings is 1. The lowest BCUT2D eigenvalue weighted by Gasteiger charge is -2.14. The molecule has 4 heteroatoms. The monoisotopic (exact) mass is 454 g/mol. The summed E-state index contributed by atoms with van der Waals surface area (Å²) in [5, 5.41) is 4.34. The molecular formula is C29H43FN2O. The van der Waals surface area contributed by atoms with Crippen molar-refractivity contribution < 1.29 is 9.13 Å². The highest BCUT2D eigenvalue weighted by molar-refractivity contribution is 5.82. The number of fused-ring (bicyclic) bond motifs is 1. The summed E-state index contributed by atoms with van der Waals surface area (Å²) in [6.45, 7) is 12.8. The van der Waals surface area contributed by atoms with E-state index in [2.05, 4.69) is 44.1 Å². The van der Waals surface area contributed by atoms with Crippen LogP contribution in [0.1, 0.15) is 77.6 Å². The smallest absolute Gasteiger partial charge is 0.165 e. The quantitative estimate of drug-likeness (QED) is 0.357. The second-order valence-corrected chi connectivity index (χ2v) is 7.84. The van der Waals surface area contributed by atoms with Crippen LogP contribution in [0.2, 0.25) is 0 Å². The van der Waals surface area contributed by atoms with Gasteiger partial charge in [-0.3, -0.25) is 4.98 Å². The van der Waals surface area contributed by atoms with Crippen molar-refractivity contribution >= 4 is 10.9 Å². The zero-order valence-corrected chi connectivity index (χ0v) is 21.7. The lowest BCUT2D eigenvalue weighted by atomic mass is 10.0. The zero-order valence-electron chi connectivity index (χ0n) is 21.7. The minimum atomic E-state index is -0.302. The molecule has 0 fully saturated rings. The molecule has 0 saturated heterocycles. The molecule has 2 aromatic carbocycles. The second kappa shape index (κ2) is 16.2. The minimum Gasteiger partial charge on any atom is -0.486 e. The van der Waals surface area contributed by atoms with Gasteiger partial charge in [-0.1, -0.05) is 72.2 Å². The Labute approximate surface area is 200 Å². The third-order valence-corrected chi connectivity index (χ3v) is 5.28. The number of ether oxygens (including phenoxy) is 1. The number of para-hydroxylation sites is 1. The fourth-order valence-corrected chi connectivity index (χ4v) is 3.47. The van der Waals surface area contributed by atoms with Crippen molar-refractivity contribution in [3.63, 3.8) is 0 Å². The zero-order chi connectivity index (χ0) is 24.6. The van der Waals surface area contributed by atoms with Crippen molar-refractivity contribution in [2.24, 2.45) is 0 Å². The maximum atomic E-state index is 14.5. The van der Waals surface area contributed by atoms with Crippen LogP contribution in [0.15, 0.2) is 48.5 Å². The topological polar surface area (TPSA) is 34.1 Å². The lowest BCUT2D eigenvalue weighted by molar-refractivity contribution is 0.291. The van der Waals surface area contributed by atoms with E-state index < -0.39 is 0 Å². The number of rotatable bonds is 9. The predicted octanol–water partition coefficient (Wildman–Crippen LogP) is 7.89. The van der Waals surface area contributed by atoms with Crippen LogP contribution in [-0.4, -0.2) is 18.1 Å². The number of halogens is 1. The summed E-state index contributed by atoms with van der Waals surface area (Å²) in [6.07, 6.45) is 5.02. The Kier molecular flexibility index (Phi) is 14.0. The van der Waals surface area contributed by atoms with Gasteiger partial charge in [-0.2, -0.15) is 0 Å². The number of hydrogen-bond acceptors (Lipinski definition) is 3. The third kappa shape index (κ3) is 9.13. The fraction of sp³-hybridized carbons (Fsp3) is 0.483. The van der Waals surface area contributed by atoms with E-state index in [1.54, 1.807) is 12.1 Å². The van der Waals surface area contributed by atoms with Gasteiger partial charge in [0, 0.05) is 22.7 Å². The molecule has 1 unspecified atom stereocenters. The van der Waals surface area contributed by atoms with Gasteiger partial charge in [-0.25, -0.2) is 4.39 Å². The van der Waals surface area contributed by atoms with Crippen molar-refractivity contribution in [2.75, 3.05) is 7.05 Å². The van der Waals surface area contributed by atoms with E-state index >= 15 is 0 Å². The van der Waals surface area contributed by atoms with Crippen molar-refractivity contribution in [3.05, 3.63) is 71.2 Å². The highest BCUT2D eigenvalue weighted by Crippen LogP contribution is 2.24. The van der Waals surface area contributed by atoms with Crippen molar-refractivity contribution in [1.29, 1.82) is 0 Å². The molecule has 3 rings (SSSR count). The molecule has 1 aromatic heterocycles. The first-order chi connectivity index (χ1) is 16.1. The summed E-state index contributed by atoms with van der Waals surface area (Å²) in [5.74, 6) is -0.00701. The molecule has 0 aliphatic rings. The minimum absolute atomic E-state index is 0.295. The van der Waals surface area contributed by atoms with E-state index in [4.69, 9.17) is 4.74 Å². The van der Waals surface area contributed by atoms with Crippen LogP contribution >= 0.6 is 0 Å². The number of aromatic nitrogens is 1. The summed E-state index contributed by atoms with van der Waals surface area (Å²) in [4.78, 5) is 4.65. The molecule has 3 nitrogen and oxygen atoms in total. The Morgan fingerprint density at radius 1 is 1.00 bits per heavy atom. The van der Waals surface area contributed by atoms with Gasteiger partial charge in [-0.05, 0) is 62.6 Å². The summed E-state index contributed by atoms with van der Waals surface area (Å²) in [5.41, 5.74) is 4.00. The largest absolute Gasteiger partial charge is 0.486 e. The normalized spacial score (nSPS) is 11.2. The average Bonchev–Trinajstić information content (AvgIpc) is 2.85. The summed E-state index contributed by atoms with van der Waals surface area (Å²) < 4.78 is 20.4. The van der Waals surface area contributed by atoms with Crippen LogP contribution in [0.3, 0.4) is 0 Å². The van der Waals surface area contributed by atoms with E-state index in [-0.39, 0.29) is 5.82 Å². The van der Waals surface area contributed by atoms with Crippen LogP contribution in [0.4, 0.5) is 4.39 Å². The summed E-state index contributed by atoms with van der Waals surface area (Å²) >= 11 is 0. The molecule has 3 aromatic rings. The fourth-order valence-electron chi connectivity index (χ4n) is 3.47. The van der Waals surface area contributed by atoms with E-state index in [9.17, 15) is 4.39 Å². The van der Waals surface area contributed by atoms with E-state index in [1.807, 2.05) is 51.2 Å². The van der Waals surface area contributed by atoms with Gasteiger partial charge in [0.25, 0.3) is 0 Å². The Hall–Kier alpha value is -2.46. The summed E-state index contributed by atoms with van der Waals surface area (Å²) in [6, 6.07) is 15.8. The van der Waals surface area contributed by atoms with Crippen LogP contribution < -0.4 is 10.1 Å². The van der Waals surface area contributed by atoms with Gasteiger partial charge < -0.3 is 10.1 Å². The van der Waals surface area contributed by atoms with Crippen LogP contribution in [0.5, 0.6) is 5.75 Å². The lowest BCUT2D eigenvalue weighted by Crippen LogP contribution is -2.24. The Balaban J connectivity index is 0.00000101. The Morgan fingerprint density at radius 2 is 1.70 bits per heavy atom. The van der Waals surface area contributed by atoms with Crippen LogP contribution in [0, 0.1) is 5.82 Å². The number of nitrogens with zero attached hydrogens (tertiary/aromatic N) is 1. The van der Waals surface area contributed by atoms with Gasteiger partial charge in [0.2, 0.25) is 0 Å². The maximum absolute atomic E-state index is 14.5. The molecule has 0 aliphatic carbocycles. The van der Waals surface area contributed by atoms with E-state index in [1.165, 1.54) is 6.42 Å². The van der Waals surface area contributed by atoms with Crippen LogP contribution in [-0.2, 0) is 19.4 Å². The standard InChI is InChI=1S/C24H29FN2O.C3H8.C2H6/c1-4-19(26-3)12-10-17-11-13-24(22(25)14-17)28-16-18-15-20(5-2)27-23-9-7-6-8-21(18)23;1-3-2;1-2/h6-9,11,13-15,19,26H,4-5,10,12,16H2,1-3H3;3H2,1-2H3;1-2H3. The first-order valence-electron chi connectivity index (χ1n) is 12.5.